The van der Waals surface area contributed by atoms with Crippen LogP contribution < -0.4 is 4.48 Å². The monoisotopic (exact) mass is 246 g/mol. The maximum atomic E-state index is 12.9. The van der Waals surface area contributed by atoms with Gasteiger partial charge < -0.3 is 0 Å². The Balaban J connectivity index is 3.49. The molecule has 0 amide bonds. The van der Waals surface area contributed by atoms with E-state index in [-0.39, 0.29) is 21.5 Å². The van der Waals surface area contributed by atoms with Gasteiger partial charge in [-0.25, -0.2) is 0 Å². The summed E-state index contributed by atoms with van der Waals surface area (Å²) in [5, 5.41) is 0. The van der Waals surface area contributed by atoms with E-state index in [1.54, 1.807) is 21.1 Å². The van der Waals surface area contributed by atoms with Crippen LogP contribution in [0.15, 0.2) is 18.2 Å². The van der Waals surface area contributed by atoms with Gasteiger partial charge in [-0.3, -0.25) is 9.28 Å². The first kappa shape index (κ1) is 13.7. The highest BCUT2D eigenvalue weighted by atomic mass is 19.4. The van der Waals surface area contributed by atoms with E-state index in [4.69, 9.17) is 0 Å². The zero-order valence-electron chi connectivity index (χ0n) is 10.2. The summed E-state index contributed by atoms with van der Waals surface area (Å²) in [5.74, 6) is -0.372. The van der Waals surface area contributed by atoms with Gasteiger partial charge in [-0.1, -0.05) is 0 Å². The number of nitrogens with zero attached hydrogens (tertiary/aromatic N) is 1. The number of rotatable bonds is 2. The molecule has 0 saturated heterocycles. The summed E-state index contributed by atoms with van der Waals surface area (Å²) in [6.45, 7) is 1.25. The number of carbonyl (C=O) groups is 1. The van der Waals surface area contributed by atoms with Crippen molar-refractivity contribution < 1.29 is 18.0 Å². The Morgan fingerprint density at radius 1 is 1.18 bits per heavy atom. The fraction of sp³-hybridized carbons (Fsp3) is 0.417. The summed E-state index contributed by atoms with van der Waals surface area (Å²) >= 11 is 0. The van der Waals surface area contributed by atoms with Crippen molar-refractivity contribution in [3.63, 3.8) is 0 Å². The summed E-state index contributed by atoms with van der Waals surface area (Å²) in [4.78, 5) is 11.1. The molecule has 0 aromatic heterocycles. The average molecular weight is 246 g/mol. The van der Waals surface area contributed by atoms with Crippen LogP contribution in [0, 0.1) is 0 Å². The molecular formula is C12H15F3NO+. The lowest BCUT2D eigenvalue weighted by Gasteiger charge is -2.27. The number of hydrogen-bond donors (Lipinski definition) is 0. The van der Waals surface area contributed by atoms with Crippen molar-refractivity contribution in [1.29, 1.82) is 0 Å². The molecule has 1 aromatic carbocycles. The van der Waals surface area contributed by atoms with E-state index in [1.165, 1.54) is 19.1 Å². The molecule has 0 bridgehead atoms. The first-order valence-corrected chi connectivity index (χ1v) is 5.07. The van der Waals surface area contributed by atoms with Crippen LogP contribution in [-0.2, 0) is 6.18 Å². The summed E-state index contributed by atoms with van der Waals surface area (Å²) in [7, 11) is 4.95. The van der Waals surface area contributed by atoms with Crippen LogP contribution in [0.5, 0.6) is 0 Å². The molecule has 0 unspecified atom stereocenters. The summed E-state index contributed by atoms with van der Waals surface area (Å²) in [6, 6.07) is 3.71. The summed E-state index contributed by atoms with van der Waals surface area (Å²) in [6.07, 6.45) is -4.45. The van der Waals surface area contributed by atoms with Gasteiger partial charge in [-0.15, -0.1) is 0 Å². The zero-order valence-corrected chi connectivity index (χ0v) is 10.2. The standard InChI is InChI=1S/C12H15F3NO/c1-8(17)9-5-6-11(16(2,3)4)10(7-9)12(13,14)15/h5-7H,1-4H3/q+1. The van der Waals surface area contributed by atoms with Crippen LogP contribution >= 0.6 is 0 Å². The van der Waals surface area contributed by atoms with Crippen molar-refractivity contribution in [1.82, 2.24) is 4.48 Å². The van der Waals surface area contributed by atoms with E-state index in [1.807, 2.05) is 0 Å². The number of ketones is 1. The lowest BCUT2D eigenvalue weighted by Crippen LogP contribution is -2.36. The largest absolute Gasteiger partial charge is 0.422 e. The summed E-state index contributed by atoms with van der Waals surface area (Å²) in [5.41, 5.74) is -0.533. The Bertz CT molecular complexity index is 444. The molecule has 0 heterocycles. The third-order valence-corrected chi connectivity index (χ3v) is 2.43. The number of quaternary nitrogens is 1. The van der Waals surface area contributed by atoms with Crippen molar-refractivity contribution in [3.8, 4) is 0 Å². The molecule has 0 saturated carbocycles. The maximum absolute atomic E-state index is 12.9. The van der Waals surface area contributed by atoms with Crippen molar-refractivity contribution >= 4 is 11.5 Å². The molecule has 5 heteroatoms. The number of halogens is 3. The molecule has 94 valence electrons. The Labute approximate surface area is 98.2 Å². The van der Waals surface area contributed by atoms with Crippen molar-refractivity contribution in [2.24, 2.45) is 0 Å². The number of carbonyl (C=O) groups excluding carboxylic acids is 1. The Morgan fingerprint density at radius 2 is 1.71 bits per heavy atom. The fourth-order valence-electron chi connectivity index (χ4n) is 1.57. The SMILES string of the molecule is CC(=O)c1ccc([N+](C)(C)C)c(C(F)(F)F)c1. The average Bonchev–Trinajstić information content (AvgIpc) is 2.14. The Hall–Kier alpha value is -1.36. The van der Waals surface area contributed by atoms with Crippen LogP contribution in [0.2, 0.25) is 0 Å². The number of hydrogen-bond acceptors (Lipinski definition) is 1. The van der Waals surface area contributed by atoms with E-state index in [0.29, 0.717) is 0 Å². The predicted molar refractivity (Wildman–Crippen MR) is 61.0 cm³/mol. The molecule has 0 radical (unpaired) electrons. The molecule has 0 spiro atoms. The normalized spacial score (nSPS) is 12.6. The molecule has 0 aliphatic rings. The molecule has 2 nitrogen and oxygen atoms in total. The quantitative estimate of drug-likeness (QED) is 0.579. The number of alkyl halides is 3. The minimum Gasteiger partial charge on any atom is -0.298 e. The first-order valence-electron chi connectivity index (χ1n) is 5.07. The van der Waals surface area contributed by atoms with Crippen LogP contribution in [0.3, 0.4) is 0 Å². The van der Waals surface area contributed by atoms with E-state index < -0.39 is 11.7 Å². The lowest BCUT2D eigenvalue weighted by molar-refractivity contribution is -0.137. The lowest BCUT2D eigenvalue weighted by atomic mass is 10.0. The second kappa shape index (κ2) is 4.14. The molecule has 1 aromatic rings. The third-order valence-electron chi connectivity index (χ3n) is 2.43. The highest BCUT2D eigenvalue weighted by Gasteiger charge is 2.38. The van der Waals surface area contributed by atoms with Crippen LogP contribution in [0.25, 0.3) is 0 Å². The van der Waals surface area contributed by atoms with Crippen LogP contribution in [0.1, 0.15) is 22.8 Å². The maximum Gasteiger partial charge on any atom is 0.422 e. The molecule has 0 aliphatic heterocycles. The predicted octanol–water partition coefficient (Wildman–Crippen LogP) is 3.10. The second-order valence-corrected chi connectivity index (χ2v) is 4.80. The second-order valence-electron chi connectivity index (χ2n) is 4.80. The van der Waals surface area contributed by atoms with Gasteiger partial charge in [0.05, 0.1) is 21.1 Å². The highest BCUT2D eigenvalue weighted by Crippen LogP contribution is 2.38. The number of Topliss-reactive ketones (excluding diaryl/α,β-unsaturated/α-hetero) is 1. The van der Waals surface area contributed by atoms with Crippen molar-refractivity contribution in [2.45, 2.75) is 13.1 Å². The minimum atomic E-state index is -4.45. The highest BCUT2D eigenvalue weighted by molar-refractivity contribution is 5.94. The van der Waals surface area contributed by atoms with Gasteiger partial charge in [-0.2, -0.15) is 13.2 Å². The van der Waals surface area contributed by atoms with E-state index >= 15 is 0 Å². The fourth-order valence-corrected chi connectivity index (χ4v) is 1.57. The number of benzene rings is 1. The molecular weight excluding hydrogens is 231 g/mol. The smallest absolute Gasteiger partial charge is 0.298 e. The minimum absolute atomic E-state index is 0.0486. The Kier molecular flexibility index (Phi) is 3.34. The van der Waals surface area contributed by atoms with Gasteiger partial charge in [0.25, 0.3) is 0 Å². The van der Waals surface area contributed by atoms with Gasteiger partial charge in [0.2, 0.25) is 0 Å². The summed E-state index contributed by atoms with van der Waals surface area (Å²) < 4.78 is 38.8. The van der Waals surface area contributed by atoms with Crippen LogP contribution in [0.4, 0.5) is 18.9 Å². The van der Waals surface area contributed by atoms with Crippen molar-refractivity contribution in [2.75, 3.05) is 21.1 Å². The molecule has 0 atom stereocenters. The Morgan fingerprint density at radius 3 is 2.06 bits per heavy atom. The first-order chi connectivity index (χ1) is 7.53. The van der Waals surface area contributed by atoms with Crippen molar-refractivity contribution in [3.05, 3.63) is 29.3 Å². The molecule has 17 heavy (non-hydrogen) atoms. The third kappa shape index (κ3) is 3.06. The van der Waals surface area contributed by atoms with E-state index in [2.05, 4.69) is 0 Å². The van der Waals surface area contributed by atoms with E-state index in [9.17, 15) is 18.0 Å². The molecule has 0 aliphatic carbocycles. The molecule has 0 fully saturated rings. The van der Waals surface area contributed by atoms with Gasteiger partial charge in [0.1, 0.15) is 11.3 Å². The molecule has 0 N–H and O–H groups in total. The molecule has 1 rings (SSSR count). The topological polar surface area (TPSA) is 17.1 Å². The van der Waals surface area contributed by atoms with E-state index in [0.717, 1.165) is 6.07 Å². The zero-order chi connectivity index (χ0) is 13.4. The van der Waals surface area contributed by atoms with Gasteiger partial charge >= 0.3 is 6.18 Å². The van der Waals surface area contributed by atoms with Crippen LogP contribution in [-0.4, -0.2) is 26.9 Å². The van der Waals surface area contributed by atoms with Gasteiger partial charge in [0, 0.05) is 11.6 Å². The van der Waals surface area contributed by atoms with Gasteiger partial charge in [-0.05, 0) is 19.1 Å². The van der Waals surface area contributed by atoms with Gasteiger partial charge in [0.15, 0.2) is 5.78 Å².